The zero-order chi connectivity index (χ0) is 18.8. The molecule has 2 aromatic rings. The highest BCUT2D eigenvalue weighted by Gasteiger charge is 2.28. The molecule has 0 unspecified atom stereocenters. The third-order valence-corrected chi connectivity index (χ3v) is 6.31. The molecule has 4 nitrogen and oxygen atoms in total. The summed E-state index contributed by atoms with van der Waals surface area (Å²) in [5.41, 5.74) is 2.13. The second-order valence-electron chi connectivity index (χ2n) is 6.32. The van der Waals surface area contributed by atoms with Gasteiger partial charge in [-0.1, -0.05) is 45.7 Å². The van der Waals surface area contributed by atoms with Crippen molar-refractivity contribution >= 4 is 62.1 Å². The molecule has 0 bridgehead atoms. The third kappa shape index (κ3) is 4.39. The number of carbonyl (C=O) groups is 1. The largest absolute Gasteiger partial charge is 0.368 e. The Labute approximate surface area is 176 Å². The van der Waals surface area contributed by atoms with Crippen LogP contribution >= 0.6 is 39.3 Å². The van der Waals surface area contributed by atoms with Crippen molar-refractivity contribution in [2.45, 2.75) is 0 Å². The van der Waals surface area contributed by atoms with Gasteiger partial charge in [-0.15, -0.1) is 0 Å². The summed E-state index contributed by atoms with van der Waals surface area (Å²) in [6.07, 6.45) is 1.90. The summed E-state index contributed by atoms with van der Waals surface area (Å²) in [5, 5.41) is 1.55. The second kappa shape index (κ2) is 8.09. The number of halogens is 2. The van der Waals surface area contributed by atoms with Gasteiger partial charge in [-0.3, -0.25) is 4.79 Å². The van der Waals surface area contributed by atoms with Gasteiger partial charge in [0.2, 0.25) is 0 Å². The number of anilines is 1. The van der Waals surface area contributed by atoms with Gasteiger partial charge in [-0.2, -0.15) is 4.99 Å². The molecule has 2 heterocycles. The van der Waals surface area contributed by atoms with Crippen LogP contribution in [0.3, 0.4) is 0 Å². The van der Waals surface area contributed by atoms with Gasteiger partial charge in [0.05, 0.1) is 4.91 Å². The van der Waals surface area contributed by atoms with E-state index in [9.17, 15) is 4.79 Å². The van der Waals surface area contributed by atoms with E-state index in [4.69, 9.17) is 11.6 Å². The van der Waals surface area contributed by atoms with Crippen molar-refractivity contribution in [2.75, 3.05) is 31.1 Å². The van der Waals surface area contributed by atoms with Crippen LogP contribution in [-0.2, 0) is 4.79 Å². The number of hydrogen-bond donors (Lipinski definition) is 0. The smallest absolute Gasteiger partial charge is 0.286 e. The summed E-state index contributed by atoms with van der Waals surface area (Å²) in [6, 6.07) is 15.8. The number of amides is 1. The number of rotatable bonds is 2. The quantitative estimate of drug-likeness (QED) is 0.595. The fourth-order valence-corrected chi connectivity index (χ4v) is 4.49. The highest BCUT2D eigenvalue weighted by atomic mass is 79.9. The van der Waals surface area contributed by atoms with E-state index in [0.29, 0.717) is 4.91 Å². The Hall–Kier alpha value is -1.76. The second-order valence-corrected chi connectivity index (χ2v) is 8.68. The van der Waals surface area contributed by atoms with E-state index in [2.05, 4.69) is 36.8 Å². The van der Waals surface area contributed by atoms with Gasteiger partial charge in [0.25, 0.3) is 5.91 Å². The molecule has 0 N–H and O–H groups in total. The molecule has 2 aliphatic rings. The van der Waals surface area contributed by atoms with E-state index in [-0.39, 0.29) is 5.91 Å². The van der Waals surface area contributed by atoms with E-state index in [0.717, 1.165) is 52.1 Å². The molecule has 2 aliphatic heterocycles. The molecule has 1 saturated heterocycles. The van der Waals surface area contributed by atoms with Crippen LogP contribution in [0.2, 0.25) is 5.02 Å². The van der Waals surface area contributed by atoms with Crippen LogP contribution in [0.15, 0.2) is 62.9 Å². The SMILES string of the molecule is O=C1N=C(N2CCN(c3cccc(Cl)c3)CC2)SC1=Cc1ccc(Br)cc1. The monoisotopic (exact) mass is 461 g/mol. The van der Waals surface area contributed by atoms with Crippen LogP contribution in [0.5, 0.6) is 0 Å². The number of nitrogens with zero attached hydrogens (tertiary/aromatic N) is 3. The lowest BCUT2D eigenvalue weighted by Gasteiger charge is -2.36. The van der Waals surface area contributed by atoms with Crippen molar-refractivity contribution in [1.82, 2.24) is 4.90 Å². The Bertz CT molecular complexity index is 921. The van der Waals surface area contributed by atoms with Crippen LogP contribution in [-0.4, -0.2) is 42.2 Å². The molecule has 0 atom stereocenters. The lowest BCUT2D eigenvalue weighted by molar-refractivity contribution is -0.113. The van der Waals surface area contributed by atoms with Crippen LogP contribution < -0.4 is 4.90 Å². The van der Waals surface area contributed by atoms with Gasteiger partial charge < -0.3 is 9.80 Å². The number of amidine groups is 1. The van der Waals surface area contributed by atoms with Crippen molar-refractivity contribution in [2.24, 2.45) is 4.99 Å². The molecule has 27 heavy (non-hydrogen) atoms. The predicted octanol–water partition coefficient (Wildman–Crippen LogP) is 4.90. The molecule has 0 aliphatic carbocycles. The van der Waals surface area contributed by atoms with Crippen LogP contribution in [0.1, 0.15) is 5.56 Å². The molecule has 0 aromatic heterocycles. The lowest BCUT2D eigenvalue weighted by atomic mass is 10.2. The van der Waals surface area contributed by atoms with Gasteiger partial charge >= 0.3 is 0 Å². The standard InChI is InChI=1S/C20H17BrClN3OS/c21-15-6-4-14(5-7-15)12-18-19(26)23-20(27-18)25-10-8-24(9-11-25)17-3-1-2-16(22)13-17/h1-7,12-13H,8-11H2. The Balaban J connectivity index is 1.40. The maximum Gasteiger partial charge on any atom is 0.286 e. The lowest BCUT2D eigenvalue weighted by Crippen LogP contribution is -2.47. The normalized spacial score (nSPS) is 19.0. The molecule has 1 fully saturated rings. The molecule has 7 heteroatoms. The van der Waals surface area contributed by atoms with Gasteiger partial charge in [-0.25, -0.2) is 0 Å². The molecule has 2 aromatic carbocycles. The maximum absolute atomic E-state index is 12.3. The highest BCUT2D eigenvalue weighted by molar-refractivity contribution is 9.10. The summed E-state index contributed by atoms with van der Waals surface area (Å²) < 4.78 is 1.02. The average molecular weight is 463 g/mol. The Morgan fingerprint density at radius 3 is 2.44 bits per heavy atom. The summed E-state index contributed by atoms with van der Waals surface area (Å²) >= 11 is 11.0. The minimum atomic E-state index is -0.157. The Morgan fingerprint density at radius 2 is 1.74 bits per heavy atom. The summed E-state index contributed by atoms with van der Waals surface area (Å²) in [7, 11) is 0. The number of aliphatic imine (C=N–C) groups is 1. The van der Waals surface area contributed by atoms with Crippen molar-refractivity contribution < 1.29 is 4.79 Å². The van der Waals surface area contributed by atoms with Gasteiger partial charge in [0.1, 0.15) is 0 Å². The number of piperazine rings is 1. The summed E-state index contributed by atoms with van der Waals surface area (Å²) in [4.78, 5) is 21.7. The Morgan fingerprint density at radius 1 is 1.04 bits per heavy atom. The third-order valence-electron chi connectivity index (χ3n) is 4.50. The number of hydrogen-bond acceptors (Lipinski definition) is 4. The topological polar surface area (TPSA) is 35.9 Å². The van der Waals surface area contributed by atoms with E-state index in [1.807, 2.05) is 48.5 Å². The molecule has 138 valence electrons. The average Bonchev–Trinajstić information content (AvgIpc) is 3.04. The van der Waals surface area contributed by atoms with Gasteiger partial charge in [0.15, 0.2) is 5.17 Å². The first-order valence-corrected chi connectivity index (χ1v) is 10.6. The highest BCUT2D eigenvalue weighted by Crippen LogP contribution is 2.31. The number of benzene rings is 2. The molecule has 1 amide bonds. The van der Waals surface area contributed by atoms with E-state index < -0.39 is 0 Å². The van der Waals surface area contributed by atoms with Crippen LogP contribution in [0.4, 0.5) is 5.69 Å². The zero-order valence-corrected chi connectivity index (χ0v) is 17.6. The fraction of sp³-hybridized carbons (Fsp3) is 0.200. The first-order valence-electron chi connectivity index (χ1n) is 8.62. The van der Waals surface area contributed by atoms with Gasteiger partial charge in [0, 0.05) is 41.4 Å². The van der Waals surface area contributed by atoms with Crippen LogP contribution in [0, 0.1) is 0 Å². The minimum absolute atomic E-state index is 0.157. The zero-order valence-electron chi connectivity index (χ0n) is 14.4. The summed E-state index contributed by atoms with van der Waals surface area (Å²) in [6.45, 7) is 3.41. The molecular formula is C20H17BrClN3OS. The number of thioether (sulfide) groups is 1. The van der Waals surface area contributed by atoms with E-state index in [1.165, 1.54) is 11.8 Å². The first kappa shape index (κ1) is 18.6. The molecular weight excluding hydrogens is 446 g/mol. The maximum atomic E-state index is 12.3. The van der Waals surface area contributed by atoms with E-state index in [1.54, 1.807) is 0 Å². The Kier molecular flexibility index (Phi) is 5.57. The van der Waals surface area contributed by atoms with Crippen molar-refractivity contribution in [3.8, 4) is 0 Å². The van der Waals surface area contributed by atoms with Gasteiger partial charge in [-0.05, 0) is 53.7 Å². The minimum Gasteiger partial charge on any atom is -0.368 e. The van der Waals surface area contributed by atoms with Crippen molar-refractivity contribution in [3.05, 3.63) is 68.5 Å². The predicted molar refractivity (Wildman–Crippen MR) is 117 cm³/mol. The van der Waals surface area contributed by atoms with Crippen molar-refractivity contribution in [3.63, 3.8) is 0 Å². The fourth-order valence-electron chi connectivity index (χ4n) is 3.07. The summed E-state index contributed by atoms with van der Waals surface area (Å²) in [5.74, 6) is -0.157. The molecule has 0 spiro atoms. The van der Waals surface area contributed by atoms with E-state index >= 15 is 0 Å². The van der Waals surface area contributed by atoms with Crippen LogP contribution in [0.25, 0.3) is 6.08 Å². The first-order chi connectivity index (χ1) is 13.1. The molecule has 0 saturated carbocycles. The molecule has 4 rings (SSSR count). The number of carbonyl (C=O) groups excluding carboxylic acids is 1. The van der Waals surface area contributed by atoms with Crippen molar-refractivity contribution in [1.29, 1.82) is 0 Å². The molecule has 0 radical (unpaired) electrons.